The molecule has 0 bridgehead atoms. The Morgan fingerprint density at radius 1 is 1.35 bits per heavy atom. The number of hydrogen-bond donors (Lipinski definition) is 4. The van der Waals surface area contributed by atoms with Crippen LogP contribution in [-0.2, 0) is 9.59 Å². The summed E-state index contributed by atoms with van der Waals surface area (Å²) < 4.78 is 0. The Hall–Kier alpha value is -3.34. The van der Waals surface area contributed by atoms with Crippen LogP contribution in [0.25, 0.3) is 10.9 Å². The number of fused-ring (bicyclic) bond motifs is 1. The number of carbonyl (C=O) groups is 3. The molecule has 0 saturated carbocycles. The van der Waals surface area contributed by atoms with Crippen molar-refractivity contribution in [2.45, 2.75) is 18.9 Å². The number of aromatic nitrogens is 1. The van der Waals surface area contributed by atoms with E-state index in [0.29, 0.717) is 18.7 Å². The summed E-state index contributed by atoms with van der Waals surface area (Å²) in [5.41, 5.74) is 1.19. The zero-order chi connectivity index (χ0) is 18.5. The number of hydrogen-bond acceptors (Lipinski definition) is 4. The molecule has 1 aliphatic rings. The number of aromatic amines is 1. The average Bonchev–Trinajstić information content (AvgIpc) is 3.25. The standard InChI is InChI=1S/C18H19N5O3/c19-9-13(7-12-5-6-20-17(12)25)22-16(24)10-21-18(26)15-8-11-3-1-2-4-14(11)23-15/h1-4,8,12-13,23H,5-7,10H2,(H,20,25)(H,21,26)(H,22,24)/t12-,13-/m0/s1. The SMILES string of the molecule is N#C[C@H](C[C@@H]1CCNC1=O)NC(=O)CNC(=O)c1cc2ccccc2[nH]1. The number of amides is 3. The van der Waals surface area contributed by atoms with Crippen LogP contribution in [0.1, 0.15) is 23.3 Å². The van der Waals surface area contributed by atoms with E-state index in [1.165, 1.54) is 0 Å². The monoisotopic (exact) mass is 353 g/mol. The third-order valence-electron chi connectivity index (χ3n) is 4.36. The molecule has 8 nitrogen and oxygen atoms in total. The minimum Gasteiger partial charge on any atom is -0.356 e. The van der Waals surface area contributed by atoms with Gasteiger partial charge >= 0.3 is 0 Å². The minimum atomic E-state index is -0.763. The molecule has 2 atom stereocenters. The molecular weight excluding hydrogens is 334 g/mol. The lowest BCUT2D eigenvalue weighted by atomic mass is 9.99. The highest BCUT2D eigenvalue weighted by Gasteiger charge is 2.27. The molecule has 0 spiro atoms. The lowest BCUT2D eigenvalue weighted by Crippen LogP contribution is -2.42. The van der Waals surface area contributed by atoms with Crippen molar-refractivity contribution in [2.24, 2.45) is 5.92 Å². The van der Waals surface area contributed by atoms with Gasteiger partial charge in [-0.2, -0.15) is 5.26 Å². The van der Waals surface area contributed by atoms with Gasteiger partial charge in [-0.25, -0.2) is 0 Å². The van der Waals surface area contributed by atoms with Crippen LogP contribution in [0.4, 0.5) is 0 Å². The van der Waals surface area contributed by atoms with Crippen molar-refractivity contribution in [1.29, 1.82) is 5.26 Å². The lowest BCUT2D eigenvalue weighted by Gasteiger charge is -2.14. The summed E-state index contributed by atoms with van der Waals surface area (Å²) in [6.07, 6.45) is 0.925. The Morgan fingerprint density at radius 2 is 2.15 bits per heavy atom. The number of H-pyrrole nitrogens is 1. The van der Waals surface area contributed by atoms with Gasteiger partial charge in [0.15, 0.2) is 0 Å². The molecule has 8 heteroatoms. The van der Waals surface area contributed by atoms with Gasteiger partial charge < -0.3 is 20.9 Å². The van der Waals surface area contributed by atoms with Crippen LogP contribution in [0.15, 0.2) is 30.3 Å². The van der Waals surface area contributed by atoms with Crippen LogP contribution in [-0.4, -0.2) is 41.8 Å². The highest BCUT2D eigenvalue weighted by Crippen LogP contribution is 2.16. The third-order valence-corrected chi connectivity index (χ3v) is 4.36. The largest absolute Gasteiger partial charge is 0.356 e. The second-order valence-corrected chi connectivity index (χ2v) is 6.21. The first kappa shape index (κ1) is 17.5. The lowest BCUT2D eigenvalue weighted by molar-refractivity contribution is -0.124. The van der Waals surface area contributed by atoms with Crippen LogP contribution in [0.5, 0.6) is 0 Å². The number of para-hydroxylation sites is 1. The highest BCUT2D eigenvalue weighted by atomic mass is 16.2. The van der Waals surface area contributed by atoms with E-state index in [1.807, 2.05) is 30.3 Å². The molecule has 1 aromatic carbocycles. The number of nitrogens with zero attached hydrogens (tertiary/aromatic N) is 1. The van der Waals surface area contributed by atoms with Gasteiger partial charge in [-0.15, -0.1) is 0 Å². The Balaban J connectivity index is 1.50. The summed E-state index contributed by atoms with van der Waals surface area (Å²) in [7, 11) is 0. The summed E-state index contributed by atoms with van der Waals surface area (Å²) in [4.78, 5) is 38.7. The molecule has 0 aliphatic carbocycles. The molecule has 0 radical (unpaired) electrons. The van der Waals surface area contributed by atoms with Crippen LogP contribution in [0.3, 0.4) is 0 Å². The first-order valence-corrected chi connectivity index (χ1v) is 8.39. The highest BCUT2D eigenvalue weighted by molar-refractivity contribution is 5.99. The molecule has 2 aromatic rings. The van der Waals surface area contributed by atoms with E-state index in [2.05, 4.69) is 20.9 Å². The summed E-state index contributed by atoms with van der Waals surface area (Å²) in [5, 5.41) is 17.8. The third kappa shape index (κ3) is 4.00. The van der Waals surface area contributed by atoms with E-state index in [-0.39, 0.29) is 24.8 Å². The molecule has 1 aliphatic heterocycles. The van der Waals surface area contributed by atoms with E-state index in [0.717, 1.165) is 10.9 Å². The predicted molar refractivity (Wildman–Crippen MR) is 93.9 cm³/mol. The molecule has 4 N–H and O–H groups in total. The van der Waals surface area contributed by atoms with Crippen molar-refractivity contribution in [3.05, 3.63) is 36.0 Å². The van der Waals surface area contributed by atoms with Crippen molar-refractivity contribution in [1.82, 2.24) is 20.9 Å². The molecule has 3 amide bonds. The van der Waals surface area contributed by atoms with Gasteiger partial charge in [0.1, 0.15) is 11.7 Å². The summed E-state index contributed by atoms with van der Waals surface area (Å²) >= 11 is 0. The van der Waals surface area contributed by atoms with Crippen molar-refractivity contribution in [3.8, 4) is 6.07 Å². The van der Waals surface area contributed by atoms with Gasteiger partial charge in [0.2, 0.25) is 11.8 Å². The number of rotatable bonds is 6. The van der Waals surface area contributed by atoms with E-state index < -0.39 is 17.9 Å². The maximum Gasteiger partial charge on any atom is 0.268 e. The fourth-order valence-electron chi connectivity index (χ4n) is 3.00. The fourth-order valence-corrected chi connectivity index (χ4v) is 3.00. The fraction of sp³-hybridized carbons (Fsp3) is 0.333. The van der Waals surface area contributed by atoms with E-state index >= 15 is 0 Å². The van der Waals surface area contributed by atoms with Crippen molar-refractivity contribution in [2.75, 3.05) is 13.1 Å². The molecule has 2 heterocycles. The van der Waals surface area contributed by atoms with E-state index in [9.17, 15) is 14.4 Å². The van der Waals surface area contributed by atoms with Crippen LogP contribution in [0, 0.1) is 17.2 Å². The number of nitriles is 1. The molecule has 1 aromatic heterocycles. The van der Waals surface area contributed by atoms with Crippen molar-refractivity contribution >= 4 is 28.6 Å². The first-order chi connectivity index (χ1) is 12.6. The Labute approximate surface area is 149 Å². The van der Waals surface area contributed by atoms with Gasteiger partial charge in [0.05, 0.1) is 12.6 Å². The average molecular weight is 353 g/mol. The molecule has 1 fully saturated rings. The molecule has 3 rings (SSSR count). The van der Waals surface area contributed by atoms with Gasteiger partial charge in [-0.3, -0.25) is 14.4 Å². The Morgan fingerprint density at radius 3 is 2.85 bits per heavy atom. The van der Waals surface area contributed by atoms with Gasteiger partial charge in [-0.05, 0) is 25.0 Å². The molecule has 0 unspecified atom stereocenters. The van der Waals surface area contributed by atoms with Crippen LogP contribution >= 0.6 is 0 Å². The van der Waals surface area contributed by atoms with Gasteiger partial charge in [-0.1, -0.05) is 18.2 Å². The van der Waals surface area contributed by atoms with Crippen LogP contribution < -0.4 is 16.0 Å². The summed E-state index contributed by atoms with van der Waals surface area (Å²) in [6.45, 7) is 0.347. The second kappa shape index (κ2) is 7.70. The number of carbonyl (C=O) groups excluding carboxylic acids is 3. The molecular formula is C18H19N5O3. The maximum atomic E-state index is 12.2. The van der Waals surface area contributed by atoms with Crippen molar-refractivity contribution in [3.63, 3.8) is 0 Å². The van der Waals surface area contributed by atoms with E-state index in [1.54, 1.807) is 6.07 Å². The summed E-state index contributed by atoms with van der Waals surface area (Å²) in [5.74, 6) is -1.23. The minimum absolute atomic E-state index is 0.0911. The predicted octanol–water partition coefficient (Wildman–Crippen LogP) is 0.432. The number of nitrogens with one attached hydrogen (secondary N) is 4. The molecule has 134 valence electrons. The number of benzene rings is 1. The summed E-state index contributed by atoms with van der Waals surface area (Å²) in [6, 6.07) is 10.4. The first-order valence-electron chi connectivity index (χ1n) is 8.39. The topological polar surface area (TPSA) is 127 Å². The zero-order valence-electron chi connectivity index (χ0n) is 14.0. The smallest absolute Gasteiger partial charge is 0.268 e. The Kier molecular flexibility index (Phi) is 5.17. The van der Waals surface area contributed by atoms with Gasteiger partial charge in [0.25, 0.3) is 5.91 Å². The van der Waals surface area contributed by atoms with Crippen LogP contribution in [0.2, 0.25) is 0 Å². The van der Waals surface area contributed by atoms with Gasteiger partial charge in [0, 0.05) is 23.4 Å². The normalized spacial score (nSPS) is 17.3. The van der Waals surface area contributed by atoms with E-state index in [4.69, 9.17) is 5.26 Å². The van der Waals surface area contributed by atoms with Crippen molar-refractivity contribution < 1.29 is 14.4 Å². The maximum absolute atomic E-state index is 12.2. The Bertz CT molecular complexity index is 849. The quantitative estimate of drug-likeness (QED) is 0.600. The molecule has 26 heavy (non-hydrogen) atoms. The second-order valence-electron chi connectivity index (χ2n) is 6.21. The zero-order valence-corrected chi connectivity index (χ0v) is 14.0. The molecule has 1 saturated heterocycles.